The van der Waals surface area contributed by atoms with Crippen molar-refractivity contribution in [3.8, 4) is 0 Å². The summed E-state index contributed by atoms with van der Waals surface area (Å²) in [4.78, 5) is 24.2. The highest BCUT2D eigenvalue weighted by atomic mass is 16.6. The van der Waals surface area contributed by atoms with Gasteiger partial charge in [0.15, 0.2) is 6.10 Å². The van der Waals surface area contributed by atoms with Gasteiger partial charge in [-0.1, -0.05) is 142 Å². The van der Waals surface area contributed by atoms with E-state index in [-0.39, 0.29) is 31.6 Å². The minimum atomic E-state index is -0.824. The molecule has 0 bridgehead atoms. The van der Waals surface area contributed by atoms with E-state index < -0.39 is 6.10 Å². The standard InChI is InChI=1S/C45H68O5/c1-3-5-7-9-11-13-15-17-19-21-22-24-25-27-29-31-33-35-37-39-44(47)49-42-43(41-46)50-45(48)40-38-36-34-32-30-28-26-23-20-18-16-14-12-10-8-6-4-2/h5-8,11-14,17-20,22,24,26-29,32,34,43,46H,3-4,9-10,15-16,21,23,25,30-31,33,35-42H2,1-2H3/b7-5+,8-6+,13-11+,14-12+,19-17+,20-18+,24-22+,28-26+,29-27+,34-32+/t43-/m0/s1. The van der Waals surface area contributed by atoms with Gasteiger partial charge >= 0.3 is 11.9 Å². The first-order chi connectivity index (χ1) is 24.6. The van der Waals surface area contributed by atoms with Crippen LogP contribution in [0.4, 0.5) is 0 Å². The number of carbonyl (C=O) groups excluding carboxylic acids is 2. The molecule has 0 saturated carbocycles. The fourth-order valence-corrected chi connectivity index (χ4v) is 4.44. The van der Waals surface area contributed by atoms with Crippen molar-refractivity contribution in [3.05, 3.63) is 122 Å². The van der Waals surface area contributed by atoms with Crippen LogP contribution in [0.5, 0.6) is 0 Å². The van der Waals surface area contributed by atoms with Crippen molar-refractivity contribution in [3.63, 3.8) is 0 Å². The van der Waals surface area contributed by atoms with Crippen molar-refractivity contribution in [2.24, 2.45) is 0 Å². The van der Waals surface area contributed by atoms with E-state index >= 15 is 0 Å². The Morgan fingerprint density at radius 3 is 1.22 bits per heavy atom. The average Bonchev–Trinajstić information content (AvgIpc) is 3.12. The molecule has 0 amide bonds. The summed E-state index contributed by atoms with van der Waals surface area (Å²) in [6, 6.07) is 0. The number of esters is 2. The van der Waals surface area contributed by atoms with Crippen LogP contribution in [0.1, 0.15) is 129 Å². The maximum absolute atomic E-state index is 12.1. The summed E-state index contributed by atoms with van der Waals surface area (Å²) in [6.07, 6.45) is 58.3. The molecule has 0 aromatic rings. The van der Waals surface area contributed by atoms with Crippen molar-refractivity contribution >= 4 is 11.9 Å². The number of aliphatic hydroxyl groups is 1. The second-order valence-corrected chi connectivity index (χ2v) is 11.9. The van der Waals surface area contributed by atoms with Crippen molar-refractivity contribution in [1.82, 2.24) is 0 Å². The molecule has 0 aliphatic carbocycles. The fraction of sp³-hybridized carbons (Fsp3) is 0.511. The van der Waals surface area contributed by atoms with Gasteiger partial charge in [0.25, 0.3) is 0 Å². The predicted octanol–water partition coefficient (Wildman–Crippen LogP) is 12.1. The monoisotopic (exact) mass is 689 g/mol. The summed E-state index contributed by atoms with van der Waals surface area (Å²) >= 11 is 0. The van der Waals surface area contributed by atoms with Gasteiger partial charge in [0.05, 0.1) is 6.61 Å². The Hall–Kier alpha value is -3.70. The Kier molecular flexibility index (Phi) is 36.8. The summed E-state index contributed by atoms with van der Waals surface area (Å²) in [7, 11) is 0. The number of unbranched alkanes of at least 4 members (excludes halogenated alkanes) is 4. The zero-order chi connectivity index (χ0) is 36.4. The first-order valence-corrected chi connectivity index (χ1v) is 19.1. The normalized spacial score (nSPS) is 13.6. The lowest BCUT2D eigenvalue weighted by Gasteiger charge is -2.15. The highest BCUT2D eigenvalue weighted by Gasteiger charge is 2.15. The van der Waals surface area contributed by atoms with Gasteiger partial charge in [-0.3, -0.25) is 9.59 Å². The highest BCUT2D eigenvalue weighted by Crippen LogP contribution is 2.08. The SMILES string of the molecule is CC/C=C/C/C=C/C/C=C/C/C=C/C/C=C/CCCCCC(=O)OC[C@H](CO)OC(=O)CCC/C=C/C/C=C/C/C=C/C/C=C/C/C=C/CC. The Balaban J connectivity index is 3.79. The summed E-state index contributed by atoms with van der Waals surface area (Å²) in [5.41, 5.74) is 0. The number of aliphatic hydroxyl groups excluding tert-OH is 1. The molecule has 5 nitrogen and oxygen atoms in total. The quantitative estimate of drug-likeness (QED) is 0.0433. The Morgan fingerprint density at radius 2 is 0.820 bits per heavy atom. The minimum Gasteiger partial charge on any atom is -0.462 e. The third kappa shape index (κ3) is 37.1. The number of hydrogen-bond donors (Lipinski definition) is 1. The fourth-order valence-electron chi connectivity index (χ4n) is 4.44. The number of allylic oxidation sites excluding steroid dienone is 20. The van der Waals surface area contributed by atoms with Gasteiger partial charge in [0.1, 0.15) is 6.61 Å². The molecule has 50 heavy (non-hydrogen) atoms. The Labute approximate surface area is 305 Å². The van der Waals surface area contributed by atoms with Crippen molar-refractivity contribution in [2.75, 3.05) is 13.2 Å². The first kappa shape index (κ1) is 46.3. The third-order valence-electron chi connectivity index (χ3n) is 7.25. The predicted molar refractivity (Wildman–Crippen MR) is 214 cm³/mol. The second-order valence-electron chi connectivity index (χ2n) is 11.9. The topological polar surface area (TPSA) is 72.8 Å². The second kappa shape index (κ2) is 39.7. The molecule has 0 unspecified atom stereocenters. The molecule has 5 heteroatoms. The van der Waals surface area contributed by atoms with Crippen LogP contribution in [-0.4, -0.2) is 36.4 Å². The van der Waals surface area contributed by atoms with Crippen molar-refractivity contribution < 1.29 is 24.2 Å². The minimum absolute atomic E-state index is 0.115. The van der Waals surface area contributed by atoms with Crippen LogP contribution in [0.15, 0.2) is 122 Å². The van der Waals surface area contributed by atoms with Gasteiger partial charge in [-0.05, 0) is 96.3 Å². The van der Waals surface area contributed by atoms with Crippen LogP contribution in [0, 0.1) is 0 Å². The Morgan fingerprint density at radius 1 is 0.460 bits per heavy atom. The summed E-state index contributed by atoms with van der Waals surface area (Å²) in [6.45, 7) is 3.80. The van der Waals surface area contributed by atoms with E-state index in [9.17, 15) is 14.7 Å². The van der Waals surface area contributed by atoms with Gasteiger partial charge in [-0.25, -0.2) is 0 Å². The molecule has 0 heterocycles. The van der Waals surface area contributed by atoms with E-state index in [4.69, 9.17) is 9.47 Å². The maximum Gasteiger partial charge on any atom is 0.306 e. The lowest BCUT2D eigenvalue weighted by Crippen LogP contribution is -2.28. The van der Waals surface area contributed by atoms with Crippen LogP contribution in [0.2, 0.25) is 0 Å². The van der Waals surface area contributed by atoms with E-state index in [2.05, 4.69) is 135 Å². The Bertz CT molecular complexity index is 1100. The maximum atomic E-state index is 12.1. The van der Waals surface area contributed by atoms with Crippen LogP contribution in [0.25, 0.3) is 0 Å². The molecule has 0 radical (unpaired) electrons. The van der Waals surface area contributed by atoms with E-state index in [0.29, 0.717) is 12.8 Å². The van der Waals surface area contributed by atoms with Crippen LogP contribution in [-0.2, 0) is 19.1 Å². The van der Waals surface area contributed by atoms with Crippen LogP contribution >= 0.6 is 0 Å². The number of ether oxygens (including phenoxy) is 2. The molecular formula is C45H68O5. The number of carbonyl (C=O) groups is 2. The molecule has 0 spiro atoms. The third-order valence-corrected chi connectivity index (χ3v) is 7.25. The van der Waals surface area contributed by atoms with E-state index in [0.717, 1.165) is 96.3 Å². The van der Waals surface area contributed by atoms with Gasteiger partial charge in [-0.15, -0.1) is 0 Å². The molecule has 0 aromatic heterocycles. The lowest BCUT2D eigenvalue weighted by molar-refractivity contribution is -0.161. The van der Waals surface area contributed by atoms with Gasteiger partial charge in [0, 0.05) is 12.8 Å². The number of rotatable bonds is 32. The molecule has 0 aromatic carbocycles. The molecule has 0 aliphatic heterocycles. The molecule has 0 rings (SSSR count). The van der Waals surface area contributed by atoms with E-state index in [1.807, 2.05) is 0 Å². The van der Waals surface area contributed by atoms with E-state index in [1.54, 1.807) is 0 Å². The summed E-state index contributed by atoms with van der Waals surface area (Å²) < 4.78 is 10.5. The molecule has 0 fully saturated rings. The van der Waals surface area contributed by atoms with Crippen LogP contribution < -0.4 is 0 Å². The molecule has 1 N–H and O–H groups in total. The number of hydrogen-bond acceptors (Lipinski definition) is 5. The lowest BCUT2D eigenvalue weighted by atomic mass is 10.1. The highest BCUT2D eigenvalue weighted by molar-refractivity contribution is 5.70. The summed E-state index contributed by atoms with van der Waals surface area (Å²) in [5.74, 6) is -0.713. The largest absolute Gasteiger partial charge is 0.462 e. The molecular weight excluding hydrogens is 620 g/mol. The molecule has 0 aliphatic rings. The molecule has 0 saturated heterocycles. The summed E-state index contributed by atoms with van der Waals surface area (Å²) in [5, 5.41) is 9.54. The molecule has 1 atom stereocenters. The van der Waals surface area contributed by atoms with Gasteiger partial charge in [0.2, 0.25) is 0 Å². The first-order valence-electron chi connectivity index (χ1n) is 19.1. The zero-order valence-electron chi connectivity index (χ0n) is 31.3. The smallest absolute Gasteiger partial charge is 0.306 e. The zero-order valence-corrected chi connectivity index (χ0v) is 31.3. The van der Waals surface area contributed by atoms with Crippen molar-refractivity contribution in [2.45, 2.75) is 136 Å². The van der Waals surface area contributed by atoms with Crippen LogP contribution in [0.3, 0.4) is 0 Å². The molecule has 278 valence electrons. The van der Waals surface area contributed by atoms with E-state index in [1.165, 1.54) is 0 Å². The van der Waals surface area contributed by atoms with Crippen molar-refractivity contribution in [1.29, 1.82) is 0 Å². The van der Waals surface area contributed by atoms with Gasteiger partial charge in [-0.2, -0.15) is 0 Å². The van der Waals surface area contributed by atoms with Gasteiger partial charge < -0.3 is 14.6 Å². The average molecular weight is 689 g/mol.